The highest BCUT2D eigenvalue weighted by Crippen LogP contribution is 2.04. The second kappa shape index (κ2) is 6.83. The number of ether oxygens (including phenoxy) is 1. The number of hydrogen-bond acceptors (Lipinski definition) is 3. The maximum atomic E-state index is 11.1. The number of carbonyl (C=O) groups is 1. The molecule has 0 saturated heterocycles. The van der Waals surface area contributed by atoms with E-state index in [1.807, 2.05) is 13.8 Å². The molecule has 0 aromatic carbocycles. The number of esters is 1. The first-order chi connectivity index (χ1) is 6.11. The van der Waals surface area contributed by atoms with Crippen LogP contribution in [-0.2, 0) is 9.53 Å². The van der Waals surface area contributed by atoms with Crippen molar-refractivity contribution in [3.8, 4) is 0 Å². The smallest absolute Gasteiger partial charge is 0.306 e. The molecule has 0 aliphatic carbocycles. The summed E-state index contributed by atoms with van der Waals surface area (Å²) in [7, 11) is 0. The summed E-state index contributed by atoms with van der Waals surface area (Å²) in [6, 6.07) is 0. The van der Waals surface area contributed by atoms with Crippen molar-refractivity contribution >= 4 is 23.2 Å². The van der Waals surface area contributed by atoms with Crippen molar-refractivity contribution in [2.75, 3.05) is 13.2 Å². The summed E-state index contributed by atoms with van der Waals surface area (Å²) in [4.78, 5) is 11.8. The molecule has 1 N–H and O–H groups in total. The third-order valence-electron chi connectivity index (χ3n) is 1.58. The van der Waals surface area contributed by atoms with E-state index < -0.39 is 0 Å². The van der Waals surface area contributed by atoms with Crippen LogP contribution in [0.4, 0.5) is 0 Å². The van der Waals surface area contributed by atoms with Gasteiger partial charge < -0.3 is 10.1 Å². The molecule has 0 fully saturated rings. The Kier molecular flexibility index (Phi) is 6.49. The van der Waals surface area contributed by atoms with E-state index >= 15 is 0 Å². The topological polar surface area (TPSA) is 38.3 Å². The summed E-state index contributed by atoms with van der Waals surface area (Å²) < 4.78 is 4.81. The molecule has 13 heavy (non-hydrogen) atoms. The Morgan fingerprint density at radius 3 is 2.62 bits per heavy atom. The van der Waals surface area contributed by atoms with Crippen LogP contribution < -0.4 is 5.32 Å². The Bertz CT molecular complexity index is 182. The average molecular weight is 203 g/mol. The van der Waals surface area contributed by atoms with E-state index in [4.69, 9.17) is 17.0 Å². The van der Waals surface area contributed by atoms with Crippen LogP contribution in [0.2, 0.25) is 0 Å². The van der Waals surface area contributed by atoms with Crippen molar-refractivity contribution in [3.63, 3.8) is 0 Å². The minimum Gasteiger partial charge on any atom is -0.466 e. The van der Waals surface area contributed by atoms with Gasteiger partial charge in [0.1, 0.15) is 0 Å². The number of thiocarbonyl (C=S) groups is 1. The average Bonchev–Trinajstić information content (AvgIpc) is 2.05. The number of carbonyl (C=O) groups excluding carboxylic acids is 1. The zero-order valence-electron chi connectivity index (χ0n) is 8.42. The van der Waals surface area contributed by atoms with E-state index in [9.17, 15) is 4.79 Å². The van der Waals surface area contributed by atoms with Crippen LogP contribution in [0.25, 0.3) is 0 Å². The van der Waals surface area contributed by atoms with Gasteiger partial charge in [-0.2, -0.15) is 0 Å². The molecule has 0 heterocycles. The highest BCUT2D eigenvalue weighted by atomic mass is 32.1. The van der Waals surface area contributed by atoms with Crippen LogP contribution in [0.3, 0.4) is 0 Å². The molecule has 3 nitrogen and oxygen atoms in total. The van der Waals surface area contributed by atoms with Gasteiger partial charge >= 0.3 is 5.97 Å². The fourth-order valence-electron chi connectivity index (χ4n) is 0.911. The lowest BCUT2D eigenvalue weighted by atomic mass is 10.1. The third kappa shape index (κ3) is 5.58. The summed E-state index contributed by atoms with van der Waals surface area (Å²) in [5.41, 5.74) is 0. The van der Waals surface area contributed by atoms with Crippen molar-refractivity contribution in [3.05, 3.63) is 0 Å². The Morgan fingerprint density at radius 1 is 1.54 bits per heavy atom. The maximum Gasteiger partial charge on any atom is 0.306 e. The zero-order chi connectivity index (χ0) is 10.3. The van der Waals surface area contributed by atoms with E-state index in [1.54, 1.807) is 6.92 Å². The molecule has 0 rings (SSSR count). The van der Waals surface area contributed by atoms with Gasteiger partial charge in [-0.3, -0.25) is 4.79 Å². The van der Waals surface area contributed by atoms with Gasteiger partial charge in [-0.1, -0.05) is 19.1 Å². The highest BCUT2D eigenvalue weighted by molar-refractivity contribution is 7.80. The van der Waals surface area contributed by atoms with Gasteiger partial charge in [-0.15, -0.1) is 0 Å². The molecule has 4 heteroatoms. The standard InChI is InChI=1S/C9H17NO2S/c1-4-10-9(13)7(3)6-8(11)12-5-2/h7H,4-6H2,1-3H3,(H,10,13). The zero-order valence-corrected chi connectivity index (χ0v) is 9.24. The van der Waals surface area contributed by atoms with E-state index in [1.165, 1.54) is 0 Å². The molecule has 0 bridgehead atoms. The van der Waals surface area contributed by atoms with E-state index in [0.717, 1.165) is 11.5 Å². The van der Waals surface area contributed by atoms with Crippen LogP contribution in [0.5, 0.6) is 0 Å². The van der Waals surface area contributed by atoms with Crippen molar-refractivity contribution in [1.82, 2.24) is 5.32 Å². The van der Waals surface area contributed by atoms with Crippen LogP contribution >= 0.6 is 12.2 Å². The molecule has 0 spiro atoms. The summed E-state index contributed by atoms with van der Waals surface area (Å²) in [6.45, 7) is 6.92. The first kappa shape index (κ1) is 12.4. The third-order valence-corrected chi connectivity index (χ3v) is 2.12. The SMILES string of the molecule is CCNC(=S)C(C)CC(=O)OCC. The first-order valence-electron chi connectivity index (χ1n) is 4.55. The highest BCUT2D eigenvalue weighted by Gasteiger charge is 2.13. The predicted octanol–water partition coefficient (Wildman–Crippen LogP) is 1.51. The van der Waals surface area contributed by atoms with E-state index in [-0.39, 0.29) is 11.9 Å². The molecule has 0 aromatic rings. The molecule has 1 atom stereocenters. The first-order valence-corrected chi connectivity index (χ1v) is 4.95. The lowest BCUT2D eigenvalue weighted by molar-refractivity contribution is -0.143. The Balaban J connectivity index is 3.78. The molecular formula is C9H17NO2S. The molecule has 0 aromatic heterocycles. The van der Waals surface area contributed by atoms with E-state index in [0.29, 0.717) is 13.0 Å². The minimum atomic E-state index is -0.185. The van der Waals surface area contributed by atoms with Crippen LogP contribution in [0, 0.1) is 5.92 Å². The van der Waals surface area contributed by atoms with Crippen LogP contribution in [0.1, 0.15) is 27.2 Å². The molecule has 0 saturated carbocycles. The molecular weight excluding hydrogens is 186 g/mol. The lowest BCUT2D eigenvalue weighted by Crippen LogP contribution is -2.28. The summed E-state index contributed by atoms with van der Waals surface area (Å²) in [6.07, 6.45) is 0.361. The van der Waals surface area contributed by atoms with E-state index in [2.05, 4.69) is 5.32 Å². The van der Waals surface area contributed by atoms with Gasteiger partial charge in [-0.25, -0.2) is 0 Å². The van der Waals surface area contributed by atoms with Gasteiger partial charge in [0, 0.05) is 12.5 Å². The normalized spacial score (nSPS) is 11.9. The van der Waals surface area contributed by atoms with Gasteiger partial charge in [0.2, 0.25) is 0 Å². The molecule has 0 aliphatic rings. The lowest BCUT2D eigenvalue weighted by Gasteiger charge is -2.12. The number of rotatable bonds is 5. The minimum absolute atomic E-state index is 0.0639. The molecule has 0 aliphatic heterocycles. The maximum absolute atomic E-state index is 11.1. The summed E-state index contributed by atoms with van der Waals surface area (Å²) in [5.74, 6) is -0.121. The molecule has 0 amide bonds. The monoisotopic (exact) mass is 203 g/mol. The Labute approximate surface area is 84.8 Å². The summed E-state index contributed by atoms with van der Waals surface area (Å²) in [5, 5.41) is 3.02. The van der Waals surface area contributed by atoms with Gasteiger partial charge in [0.05, 0.1) is 18.0 Å². The van der Waals surface area contributed by atoms with Gasteiger partial charge in [-0.05, 0) is 13.8 Å². The molecule has 0 radical (unpaired) electrons. The quantitative estimate of drug-likeness (QED) is 0.543. The Morgan fingerprint density at radius 2 is 2.15 bits per heavy atom. The fraction of sp³-hybridized carbons (Fsp3) is 0.778. The second-order valence-corrected chi connectivity index (χ2v) is 3.24. The predicted molar refractivity (Wildman–Crippen MR) is 56.7 cm³/mol. The summed E-state index contributed by atoms with van der Waals surface area (Å²) >= 11 is 5.06. The van der Waals surface area contributed by atoms with Gasteiger partial charge in [0.15, 0.2) is 0 Å². The fourth-order valence-corrected chi connectivity index (χ4v) is 1.14. The molecule has 1 unspecified atom stereocenters. The van der Waals surface area contributed by atoms with Crippen LogP contribution in [0.15, 0.2) is 0 Å². The largest absolute Gasteiger partial charge is 0.466 e. The van der Waals surface area contributed by atoms with Crippen molar-refractivity contribution < 1.29 is 9.53 Å². The number of hydrogen-bond donors (Lipinski definition) is 1. The Hall–Kier alpha value is -0.640. The van der Waals surface area contributed by atoms with Crippen molar-refractivity contribution in [2.45, 2.75) is 27.2 Å². The molecule has 76 valence electrons. The number of nitrogens with one attached hydrogen (secondary N) is 1. The van der Waals surface area contributed by atoms with Crippen LogP contribution in [-0.4, -0.2) is 24.1 Å². The van der Waals surface area contributed by atoms with Crippen molar-refractivity contribution in [1.29, 1.82) is 0 Å². The van der Waals surface area contributed by atoms with Gasteiger partial charge in [0.25, 0.3) is 0 Å². The van der Waals surface area contributed by atoms with Crippen molar-refractivity contribution in [2.24, 2.45) is 5.92 Å². The second-order valence-electron chi connectivity index (χ2n) is 2.80.